The maximum atomic E-state index is 9.15. The van der Waals surface area contributed by atoms with E-state index in [0.29, 0.717) is 22.1 Å². The molecule has 3 nitrogen and oxygen atoms in total. The van der Waals surface area contributed by atoms with Crippen LogP contribution >= 0.6 is 23.2 Å². The highest BCUT2D eigenvalue weighted by molar-refractivity contribution is 6.36. The van der Waals surface area contributed by atoms with Crippen molar-refractivity contribution in [2.45, 2.75) is 6.61 Å². The summed E-state index contributed by atoms with van der Waals surface area (Å²) in [6.45, 7) is 0.0408. The predicted molar refractivity (Wildman–Crippen MR) is 64.2 cm³/mol. The van der Waals surface area contributed by atoms with Crippen LogP contribution in [-0.2, 0) is 6.61 Å². The standard InChI is InChI=1S/C11H12Cl2O3/c1-15-10-2-3-11(8(4-10)6-14)16-7-9(13)5-12/h2-5,14H,6-7H2,1H3. The van der Waals surface area contributed by atoms with E-state index < -0.39 is 0 Å². The summed E-state index contributed by atoms with van der Waals surface area (Å²) in [5.41, 5.74) is 1.88. The first kappa shape index (κ1) is 13.2. The molecule has 0 aliphatic carbocycles. The fourth-order valence-corrected chi connectivity index (χ4v) is 1.24. The maximum Gasteiger partial charge on any atom is 0.125 e. The van der Waals surface area contributed by atoms with Crippen LogP contribution < -0.4 is 9.47 Å². The predicted octanol–water partition coefficient (Wildman–Crippen LogP) is 2.89. The van der Waals surface area contributed by atoms with Crippen molar-refractivity contribution in [2.75, 3.05) is 13.7 Å². The molecule has 16 heavy (non-hydrogen) atoms. The van der Waals surface area contributed by atoms with Crippen molar-refractivity contribution in [1.82, 2.24) is 0 Å². The molecule has 1 rings (SSSR count). The van der Waals surface area contributed by atoms with Crippen LogP contribution in [0.1, 0.15) is 5.56 Å². The Bertz CT molecular complexity index is 377. The molecule has 88 valence electrons. The topological polar surface area (TPSA) is 38.7 Å². The van der Waals surface area contributed by atoms with E-state index in [1.54, 1.807) is 25.3 Å². The van der Waals surface area contributed by atoms with E-state index >= 15 is 0 Å². The van der Waals surface area contributed by atoms with Crippen LogP contribution in [0.25, 0.3) is 0 Å². The molecule has 0 aromatic heterocycles. The van der Waals surface area contributed by atoms with Gasteiger partial charge in [0.25, 0.3) is 0 Å². The number of rotatable bonds is 5. The minimum absolute atomic E-state index is 0.130. The molecule has 0 saturated heterocycles. The molecule has 5 heteroatoms. The molecule has 0 heterocycles. The normalized spacial score (nSPS) is 11.4. The zero-order valence-corrected chi connectivity index (χ0v) is 10.3. The van der Waals surface area contributed by atoms with Crippen LogP contribution in [0.5, 0.6) is 11.5 Å². The molecule has 0 amide bonds. The van der Waals surface area contributed by atoms with Gasteiger partial charge in [0.1, 0.15) is 18.1 Å². The summed E-state index contributed by atoms with van der Waals surface area (Å²) in [6.07, 6.45) is 0. The Morgan fingerprint density at radius 2 is 2.25 bits per heavy atom. The smallest absolute Gasteiger partial charge is 0.125 e. The number of halogens is 2. The fraction of sp³-hybridized carbons (Fsp3) is 0.273. The monoisotopic (exact) mass is 262 g/mol. The van der Waals surface area contributed by atoms with E-state index in [4.69, 9.17) is 37.8 Å². The second-order valence-electron chi connectivity index (χ2n) is 2.98. The van der Waals surface area contributed by atoms with E-state index in [2.05, 4.69) is 0 Å². The molecular weight excluding hydrogens is 251 g/mol. The minimum Gasteiger partial charge on any atom is -0.497 e. The SMILES string of the molecule is COc1ccc(OCC(Cl)=CCl)c(CO)c1. The minimum atomic E-state index is -0.130. The molecule has 0 unspecified atom stereocenters. The zero-order valence-electron chi connectivity index (χ0n) is 8.74. The van der Waals surface area contributed by atoms with Crippen molar-refractivity contribution in [3.05, 3.63) is 34.3 Å². The average Bonchev–Trinajstić information content (AvgIpc) is 2.35. The third kappa shape index (κ3) is 3.59. The second-order valence-corrected chi connectivity index (χ2v) is 3.68. The van der Waals surface area contributed by atoms with Crippen LogP contribution in [0.15, 0.2) is 28.8 Å². The van der Waals surface area contributed by atoms with E-state index in [9.17, 15) is 0 Å². The molecule has 0 radical (unpaired) electrons. The van der Waals surface area contributed by atoms with Crippen molar-refractivity contribution in [2.24, 2.45) is 0 Å². The third-order valence-electron chi connectivity index (χ3n) is 1.92. The van der Waals surface area contributed by atoms with Crippen LogP contribution in [0, 0.1) is 0 Å². The first-order valence-electron chi connectivity index (χ1n) is 4.56. The van der Waals surface area contributed by atoms with Crippen LogP contribution in [0.2, 0.25) is 0 Å². The Kier molecular flexibility index (Phi) is 5.46. The Balaban J connectivity index is 2.79. The number of hydrogen-bond donors (Lipinski definition) is 1. The molecule has 0 bridgehead atoms. The number of benzene rings is 1. The lowest BCUT2D eigenvalue weighted by atomic mass is 10.2. The van der Waals surface area contributed by atoms with Crippen molar-refractivity contribution >= 4 is 23.2 Å². The van der Waals surface area contributed by atoms with Gasteiger partial charge in [-0.25, -0.2) is 0 Å². The highest BCUT2D eigenvalue weighted by atomic mass is 35.5. The van der Waals surface area contributed by atoms with Gasteiger partial charge in [0.05, 0.1) is 18.7 Å². The molecule has 1 N–H and O–H groups in total. The van der Waals surface area contributed by atoms with E-state index in [0.717, 1.165) is 0 Å². The molecule has 0 spiro atoms. The van der Waals surface area contributed by atoms with Gasteiger partial charge in [-0.05, 0) is 18.2 Å². The largest absolute Gasteiger partial charge is 0.497 e. The summed E-state index contributed by atoms with van der Waals surface area (Å²) in [5, 5.41) is 9.54. The second kappa shape index (κ2) is 6.63. The van der Waals surface area contributed by atoms with Gasteiger partial charge in [-0.15, -0.1) is 0 Å². The number of methoxy groups -OCH3 is 1. The first-order chi connectivity index (χ1) is 7.71. The van der Waals surface area contributed by atoms with Crippen molar-refractivity contribution < 1.29 is 14.6 Å². The number of ether oxygens (including phenoxy) is 2. The molecular formula is C11H12Cl2O3. The quantitative estimate of drug-likeness (QED) is 0.887. The number of aliphatic hydroxyl groups is 1. The van der Waals surface area contributed by atoms with Gasteiger partial charge < -0.3 is 14.6 Å². The van der Waals surface area contributed by atoms with Gasteiger partial charge in [-0.1, -0.05) is 23.2 Å². The molecule has 0 saturated carbocycles. The lowest BCUT2D eigenvalue weighted by Crippen LogP contribution is -2.00. The van der Waals surface area contributed by atoms with Crippen LogP contribution in [-0.4, -0.2) is 18.8 Å². The number of aliphatic hydroxyl groups excluding tert-OH is 1. The van der Waals surface area contributed by atoms with E-state index in [1.807, 2.05) is 0 Å². The summed E-state index contributed by atoms with van der Waals surface area (Å²) in [6, 6.07) is 5.16. The highest BCUT2D eigenvalue weighted by Crippen LogP contribution is 2.24. The summed E-state index contributed by atoms with van der Waals surface area (Å²) in [5.74, 6) is 1.22. The van der Waals surface area contributed by atoms with Crippen molar-refractivity contribution in [1.29, 1.82) is 0 Å². The summed E-state index contributed by atoms with van der Waals surface area (Å²) >= 11 is 11.1. The van der Waals surface area contributed by atoms with Gasteiger partial charge in [0, 0.05) is 11.1 Å². The van der Waals surface area contributed by atoms with Crippen LogP contribution in [0.4, 0.5) is 0 Å². The van der Waals surface area contributed by atoms with E-state index in [-0.39, 0.29) is 13.2 Å². The average molecular weight is 263 g/mol. The summed E-state index contributed by atoms with van der Waals surface area (Å²) in [4.78, 5) is 0. The molecule has 1 aromatic rings. The Morgan fingerprint density at radius 3 is 2.81 bits per heavy atom. The highest BCUT2D eigenvalue weighted by Gasteiger charge is 2.05. The Hall–Kier alpha value is -0.900. The molecule has 0 atom stereocenters. The zero-order chi connectivity index (χ0) is 12.0. The maximum absolute atomic E-state index is 9.15. The molecule has 1 aromatic carbocycles. The van der Waals surface area contributed by atoms with Gasteiger partial charge in [0.15, 0.2) is 0 Å². The van der Waals surface area contributed by atoms with Crippen molar-refractivity contribution in [3.8, 4) is 11.5 Å². The van der Waals surface area contributed by atoms with Gasteiger partial charge >= 0.3 is 0 Å². The first-order valence-corrected chi connectivity index (χ1v) is 5.38. The van der Waals surface area contributed by atoms with Crippen LogP contribution in [0.3, 0.4) is 0 Å². The molecule has 0 aliphatic heterocycles. The molecule has 0 aliphatic rings. The van der Waals surface area contributed by atoms with Gasteiger partial charge in [-0.3, -0.25) is 0 Å². The van der Waals surface area contributed by atoms with Gasteiger partial charge in [0.2, 0.25) is 0 Å². The lowest BCUT2D eigenvalue weighted by molar-refractivity contribution is 0.268. The molecule has 0 fully saturated rings. The third-order valence-corrected chi connectivity index (χ3v) is 2.52. The fourth-order valence-electron chi connectivity index (χ4n) is 1.13. The lowest BCUT2D eigenvalue weighted by Gasteiger charge is -2.10. The Labute approximate surface area is 104 Å². The number of hydrogen-bond acceptors (Lipinski definition) is 3. The Morgan fingerprint density at radius 1 is 1.50 bits per heavy atom. The summed E-state index contributed by atoms with van der Waals surface area (Å²) < 4.78 is 10.4. The van der Waals surface area contributed by atoms with Crippen molar-refractivity contribution in [3.63, 3.8) is 0 Å². The van der Waals surface area contributed by atoms with Gasteiger partial charge in [-0.2, -0.15) is 0 Å². The van der Waals surface area contributed by atoms with E-state index in [1.165, 1.54) is 5.54 Å². The summed E-state index contributed by atoms with van der Waals surface area (Å²) in [7, 11) is 1.56.